The molecule has 8 atom stereocenters. The highest BCUT2D eigenvalue weighted by Crippen LogP contribution is 2.76. The lowest BCUT2D eigenvalue weighted by molar-refractivity contribution is -0.198. The molecule has 5 nitrogen and oxygen atoms in total. The summed E-state index contributed by atoms with van der Waals surface area (Å²) < 4.78 is 17.5. The number of carbonyl (C=O) groups is 2. The van der Waals surface area contributed by atoms with Crippen molar-refractivity contribution in [2.45, 2.75) is 65.3 Å². The van der Waals surface area contributed by atoms with E-state index in [-0.39, 0.29) is 46.6 Å². The summed E-state index contributed by atoms with van der Waals surface area (Å²) in [6.07, 6.45) is 5.72. The zero-order valence-corrected chi connectivity index (χ0v) is 15.1. The number of ether oxygens (including phenoxy) is 3. The third-order valence-electron chi connectivity index (χ3n) is 8.18. The molecule has 0 aromatic rings. The number of fused-ring (bicyclic) bond motifs is 3. The minimum atomic E-state index is -0.523. The fourth-order valence-electron chi connectivity index (χ4n) is 6.68. The Hall–Kier alpha value is -1.52. The molecule has 0 amide bonds. The highest BCUT2D eigenvalue weighted by Gasteiger charge is 2.77. The highest BCUT2D eigenvalue weighted by molar-refractivity contribution is 5.81. The van der Waals surface area contributed by atoms with Crippen molar-refractivity contribution in [1.82, 2.24) is 0 Å². The Bertz CT molecular complexity index is 684. The van der Waals surface area contributed by atoms with E-state index in [1.165, 1.54) is 0 Å². The summed E-state index contributed by atoms with van der Waals surface area (Å²) >= 11 is 0. The molecule has 0 N–H and O–H groups in total. The first-order valence-corrected chi connectivity index (χ1v) is 9.70. The lowest BCUT2D eigenvalue weighted by atomic mass is 9.62. The van der Waals surface area contributed by atoms with Gasteiger partial charge in [0.05, 0.1) is 17.6 Å². The monoisotopic (exact) mass is 346 g/mol. The summed E-state index contributed by atoms with van der Waals surface area (Å²) in [5.41, 5.74) is 0.693. The van der Waals surface area contributed by atoms with E-state index in [0.717, 1.165) is 37.7 Å². The third kappa shape index (κ3) is 1.65. The molecule has 2 heterocycles. The normalized spacial score (nSPS) is 49.8. The van der Waals surface area contributed by atoms with E-state index >= 15 is 0 Å². The zero-order valence-electron chi connectivity index (χ0n) is 15.1. The average Bonchev–Trinajstić information content (AvgIpc) is 3.04. The standard InChI is InChI=1S/C20H26O5/c1-4-10(2)16(21)25-17-12-5-6-15-19(3)11-7-14(24-18(19)22)13(9-23-17)20(12,15)8-11/h9-12,14-15,17H,4-8H2,1-3H3/t10-,11+,12-,14+,15-,17+,19-,20+/m1/s1. The second-order valence-corrected chi connectivity index (χ2v) is 8.91. The van der Waals surface area contributed by atoms with Crippen molar-refractivity contribution in [2.24, 2.45) is 34.5 Å². The molecule has 5 aliphatic rings. The van der Waals surface area contributed by atoms with E-state index in [4.69, 9.17) is 14.2 Å². The van der Waals surface area contributed by atoms with E-state index in [1.807, 2.05) is 13.8 Å². The average molecular weight is 346 g/mol. The Morgan fingerprint density at radius 1 is 1.44 bits per heavy atom. The number of esters is 2. The molecule has 2 aliphatic heterocycles. The van der Waals surface area contributed by atoms with Crippen LogP contribution in [0.1, 0.15) is 52.9 Å². The lowest BCUT2D eigenvalue weighted by Gasteiger charge is -2.48. The first-order chi connectivity index (χ1) is 11.9. The van der Waals surface area contributed by atoms with Gasteiger partial charge >= 0.3 is 11.9 Å². The summed E-state index contributed by atoms with van der Waals surface area (Å²) in [4.78, 5) is 25.1. The van der Waals surface area contributed by atoms with Crippen LogP contribution in [0.3, 0.4) is 0 Å². The molecule has 1 saturated heterocycles. The van der Waals surface area contributed by atoms with Crippen molar-refractivity contribution in [3.05, 3.63) is 11.8 Å². The third-order valence-corrected chi connectivity index (χ3v) is 8.18. The van der Waals surface area contributed by atoms with E-state index < -0.39 is 6.29 Å². The Morgan fingerprint density at radius 3 is 3.00 bits per heavy atom. The van der Waals surface area contributed by atoms with Crippen LogP contribution in [0.2, 0.25) is 0 Å². The van der Waals surface area contributed by atoms with Gasteiger partial charge in [0.25, 0.3) is 0 Å². The van der Waals surface area contributed by atoms with Gasteiger partial charge in [-0.3, -0.25) is 9.59 Å². The van der Waals surface area contributed by atoms with Gasteiger partial charge in [0.15, 0.2) is 0 Å². The van der Waals surface area contributed by atoms with Crippen LogP contribution in [-0.2, 0) is 23.8 Å². The van der Waals surface area contributed by atoms with Gasteiger partial charge < -0.3 is 14.2 Å². The van der Waals surface area contributed by atoms with E-state index in [0.29, 0.717) is 5.92 Å². The molecule has 0 aromatic heterocycles. The number of hydrogen-bond acceptors (Lipinski definition) is 5. The molecule has 4 fully saturated rings. The maximum absolute atomic E-state index is 12.8. The summed E-state index contributed by atoms with van der Waals surface area (Å²) in [5.74, 6) is 0.482. The van der Waals surface area contributed by atoms with Crippen molar-refractivity contribution >= 4 is 11.9 Å². The van der Waals surface area contributed by atoms with Crippen molar-refractivity contribution in [3.8, 4) is 0 Å². The van der Waals surface area contributed by atoms with Crippen LogP contribution in [0.5, 0.6) is 0 Å². The zero-order chi connectivity index (χ0) is 17.6. The van der Waals surface area contributed by atoms with Crippen LogP contribution in [-0.4, -0.2) is 24.3 Å². The largest absolute Gasteiger partial charge is 0.462 e. The van der Waals surface area contributed by atoms with Crippen molar-refractivity contribution in [3.63, 3.8) is 0 Å². The van der Waals surface area contributed by atoms with Gasteiger partial charge in [-0.25, -0.2) is 0 Å². The van der Waals surface area contributed by atoms with Crippen molar-refractivity contribution in [2.75, 3.05) is 0 Å². The molecule has 0 radical (unpaired) electrons. The molecule has 0 aromatic carbocycles. The second kappa shape index (κ2) is 4.80. The lowest BCUT2D eigenvalue weighted by Crippen LogP contribution is -2.49. The number of rotatable bonds is 3. The summed E-state index contributed by atoms with van der Waals surface area (Å²) in [6.45, 7) is 5.98. The Balaban J connectivity index is 1.54. The molecule has 3 saturated carbocycles. The van der Waals surface area contributed by atoms with Crippen LogP contribution >= 0.6 is 0 Å². The van der Waals surface area contributed by atoms with Gasteiger partial charge in [-0.2, -0.15) is 0 Å². The predicted molar refractivity (Wildman–Crippen MR) is 87.9 cm³/mol. The summed E-state index contributed by atoms with van der Waals surface area (Å²) in [5, 5.41) is 0. The Kier molecular flexibility index (Phi) is 3.02. The molecule has 3 aliphatic carbocycles. The van der Waals surface area contributed by atoms with Gasteiger partial charge in [-0.15, -0.1) is 0 Å². The van der Waals surface area contributed by atoms with Crippen molar-refractivity contribution in [1.29, 1.82) is 0 Å². The fourth-order valence-corrected chi connectivity index (χ4v) is 6.68. The topological polar surface area (TPSA) is 61.8 Å². The van der Waals surface area contributed by atoms with Gasteiger partial charge in [0, 0.05) is 16.9 Å². The van der Waals surface area contributed by atoms with Gasteiger partial charge in [-0.1, -0.05) is 13.8 Å². The highest BCUT2D eigenvalue weighted by atomic mass is 16.7. The molecular formula is C20H26O5. The van der Waals surface area contributed by atoms with Crippen LogP contribution in [0, 0.1) is 34.5 Å². The van der Waals surface area contributed by atoms with Gasteiger partial charge in [-0.05, 0) is 50.9 Å². The molecule has 5 heteroatoms. The quantitative estimate of drug-likeness (QED) is 0.735. The Labute approximate surface area is 148 Å². The predicted octanol–water partition coefficient (Wildman–Crippen LogP) is 3.18. The molecule has 0 unspecified atom stereocenters. The van der Waals surface area contributed by atoms with E-state index in [2.05, 4.69) is 6.92 Å². The molecule has 136 valence electrons. The maximum atomic E-state index is 12.8. The molecular weight excluding hydrogens is 320 g/mol. The first-order valence-electron chi connectivity index (χ1n) is 9.70. The summed E-state index contributed by atoms with van der Waals surface area (Å²) in [6, 6.07) is 0. The van der Waals surface area contributed by atoms with Crippen LogP contribution in [0.4, 0.5) is 0 Å². The van der Waals surface area contributed by atoms with Crippen LogP contribution in [0.15, 0.2) is 11.8 Å². The summed E-state index contributed by atoms with van der Waals surface area (Å²) in [7, 11) is 0. The van der Waals surface area contributed by atoms with Crippen LogP contribution in [0.25, 0.3) is 0 Å². The maximum Gasteiger partial charge on any atom is 0.312 e. The minimum absolute atomic E-state index is 0.0280. The molecule has 25 heavy (non-hydrogen) atoms. The molecule has 5 rings (SSSR count). The SMILES string of the molecule is CC[C@@H](C)C(=O)O[C@@H]1OC=C2[C@@H]3C[C@H]4C[C@]25[C@@H]1CC[C@@H]5[C@]4(C)C(=O)O3. The smallest absolute Gasteiger partial charge is 0.312 e. The minimum Gasteiger partial charge on any atom is -0.462 e. The van der Waals surface area contributed by atoms with Gasteiger partial charge in [0.2, 0.25) is 6.29 Å². The number of hydrogen-bond donors (Lipinski definition) is 0. The van der Waals surface area contributed by atoms with E-state index in [9.17, 15) is 9.59 Å². The van der Waals surface area contributed by atoms with E-state index in [1.54, 1.807) is 6.26 Å². The fraction of sp³-hybridized carbons (Fsp3) is 0.800. The Morgan fingerprint density at radius 2 is 2.24 bits per heavy atom. The molecule has 1 spiro atoms. The van der Waals surface area contributed by atoms with Gasteiger partial charge in [0.1, 0.15) is 6.10 Å². The molecule has 3 bridgehead atoms. The second-order valence-electron chi connectivity index (χ2n) is 8.91. The van der Waals surface area contributed by atoms with Crippen LogP contribution < -0.4 is 0 Å². The first kappa shape index (κ1) is 15.7. The van der Waals surface area contributed by atoms with Crippen molar-refractivity contribution < 1.29 is 23.8 Å². The number of carbonyl (C=O) groups excluding carboxylic acids is 2.